The van der Waals surface area contributed by atoms with Crippen molar-refractivity contribution in [3.05, 3.63) is 35.5 Å². The van der Waals surface area contributed by atoms with Crippen LogP contribution >= 0.6 is 0 Å². The Labute approximate surface area is 154 Å². The molecule has 1 saturated heterocycles. The van der Waals surface area contributed by atoms with Crippen LogP contribution in [0, 0.1) is 13.8 Å². The minimum Gasteiger partial charge on any atom is -0.355 e. The number of anilines is 1. The number of hydrogen-bond donors (Lipinski definition) is 2. The first-order chi connectivity index (χ1) is 12.5. The molecule has 1 unspecified atom stereocenters. The smallest absolute Gasteiger partial charge is 0.288 e. The molecule has 2 atom stereocenters. The van der Waals surface area contributed by atoms with Crippen LogP contribution in [-0.2, 0) is 6.54 Å². The average molecular weight is 357 g/mol. The molecule has 3 rings (SSSR count). The molecule has 1 aliphatic rings. The molecule has 2 aromatic rings. The van der Waals surface area contributed by atoms with Gasteiger partial charge < -0.3 is 15.5 Å². The number of aromatic nitrogens is 4. The summed E-state index contributed by atoms with van der Waals surface area (Å²) in [6.07, 6.45) is 4.82. The van der Waals surface area contributed by atoms with Gasteiger partial charge in [0.05, 0.1) is 6.54 Å². The molecule has 2 N–H and O–H groups in total. The molecule has 8 heteroatoms. The van der Waals surface area contributed by atoms with Crippen molar-refractivity contribution in [3.8, 4) is 0 Å². The highest BCUT2D eigenvalue weighted by atomic mass is 16.2. The van der Waals surface area contributed by atoms with Crippen molar-refractivity contribution in [2.24, 2.45) is 0 Å². The third-order valence-corrected chi connectivity index (χ3v) is 4.82. The number of aryl methyl sites for hydroxylation is 1. The normalized spacial score (nSPS) is 18.2. The van der Waals surface area contributed by atoms with E-state index in [0.717, 1.165) is 43.1 Å². The van der Waals surface area contributed by atoms with E-state index < -0.39 is 0 Å². The monoisotopic (exact) mass is 357 g/mol. The molecule has 140 valence electrons. The second-order valence-corrected chi connectivity index (χ2v) is 6.89. The first-order valence-electron chi connectivity index (χ1n) is 9.03. The van der Waals surface area contributed by atoms with E-state index in [4.69, 9.17) is 0 Å². The first-order valence-corrected chi connectivity index (χ1v) is 9.03. The third kappa shape index (κ3) is 4.01. The molecular weight excluding hydrogens is 330 g/mol. The topological polar surface area (TPSA) is 88.0 Å². The van der Waals surface area contributed by atoms with Gasteiger partial charge in [-0.3, -0.25) is 9.48 Å². The van der Waals surface area contributed by atoms with Crippen LogP contribution < -0.4 is 15.5 Å². The van der Waals surface area contributed by atoms with E-state index in [-0.39, 0.29) is 11.7 Å². The molecule has 1 aliphatic heterocycles. The zero-order chi connectivity index (χ0) is 18.7. The number of amides is 1. The Morgan fingerprint density at radius 2 is 2.19 bits per heavy atom. The first kappa shape index (κ1) is 18.3. The lowest BCUT2D eigenvalue weighted by atomic mass is 10.2. The van der Waals surface area contributed by atoms with E-state index in [2.05, 4.69) is 37.5 Å². The molecule has 0 aromatic carbocycles. The van der Waals surface area contributed by atoms with E-state index in [9.17, 15) is 4.79 Å². The van der Waals surface area contributed by atoms with Crippen molar-refractivity contribution >= 4 is 11.7 Å². The number of carbonyl (C=O) groups is 1. The molecule has 0 radical (unpaired) electrons. The van der Waals surface area contributed by atoms with Crippen molar-refractivity contribution < 1.29 is 4.79 Å². The summed E-state index contributed by atoms with van der Waals surface area (Å²) in [6.45, 7) is 8.74. The molecule has 1 fully saturated rings. The van der Waals surface area contributed by atoms with E-state index in [1.165, 1.54) is 0 Å². The largest absolute Gasteiger partial charge is 0.355 e. The van der Waals surface area contributed by atoms with Gasteiger partial charge >= 0.3 is 0 Å². The molecule has 2 aromatic heterocycles. The highest BCUT2D eigenvalue weighted by Gasteiger charge is 2.27. The van der Waals surface area contributed by atoms with E-state index in [1.54, 1.807) is 13.2 Å². The van der Waals surface area contributed by atoms with Crippen LogP contribution in [0.2, 0.25) is 0 Å². The van der Waals surface area contributed by atoms with E-state index in [1.807, 2.05) is 30.8 Å². The Balaban J connectivity index is 1.66. The average Bonchev–Trinajstić information content (AvgIpc) is 3.28. The number of nitrogens with one attached hydrogen (secondary N) is 2. The van der Waals surface area contributed by atoms with Gasteiger partial charge in [-0.25, -0.2) is 9.97 Å². The maximum absolute atomic E-state index is 11.9. The predicted molar refractivity (Wildman–Crippen MR) is 100 cm³/mol. The van der Waals surface area contributed by atoms with Crippen LogP contribution in [0.1, 0.15) is 35.2 Å². The summed E-state index contributed by atoms with van der Waals surface area (Å²) in [4.78, 5) is 23.0. The summed E-state index contributed by atoms with van der Waals surface area (Å²) < 4.78 is 1.94. The van der Waals surface area contributed by atoms with E-state index >= 15 is 0 Å². The van der Waals surface area contributed by atoms with Crippen molar-refractivity contribution in [3.63, 3.8) is 0 Å². The maximum atomic E-state index is 11.9. The molecule has 0 spiro atoms. The van der Waals surface area contributed by atoms with Gasteiger partial charge in [-0.15, -0.1) is 0 Å². The number of hydrogen-bond acceptors (Lipinski definition) is 6. The highest BCUT2D eigenvalue weighted by molar-refractivity contribution is 5.90. The van der Waals surface area contributed by atoms with Gasteiger partial charge in [0.1, 0.15) is 5.82 Å². The van der Waals surface area contributed by atoms with Gasteiger partial charge in [-0.05, 0) is 33.3 Å². The van der Waals surface area contributed by atoms with Crippen molar-refractivity contribution in [1.82, 2.24) is 30.4 Å². The molecule has 0 saturated carbocycles. The van der Waals surface area contributed by atoms with Crippen LogP contribution in [0.3, 0.4) is 0 Å². The van der Waals surface area contributed by atoms with Gasteiger partial charge in [-0.2, -0.15) is 5.10 Å². The van der Waals surface area contributed by atoms with Gasteiger partial charge in [-0.1, -0.05) is 0 Å². The Morgan fingerprint density at radius 1 is 1.38 bits per heavy atom. The molecule has 3 heterocycles. The zero-order valence-electron chi connectivity index (χ0n) is 15.9. The molecule has 1 amide bonds. The Kier molecular flexibility index (Phi) is 5.51. The van der Waals surface area contributed by atoms with Crippen molar-refractivity contribution in [2.75, 3.05) is 25.0 Å². The summed E-state index contributed by atoms with van der Waals surface area (Å²) in [5.41, 5.74) is 1.87. The van der Waals surface area contributed by atoms with Crippen LogP contribution in [0.4, 0.5) is 5.82 Å². The quantitative estimate of drug-likeness (QED) is 0.799. The van der Waals surface area contributed by atoms with Crippen LogP contribution in [0.15, 0.2) is 18.5 Å². The molecule has 0 aliphatic carbocycles. The SMILES string of the molecule is CNC(=O)c1nc(C)c(C)c(N2CC[C@@H](NC(C)Cn3cccn3)C2)n1. The zero-order valence-corrected chi connectivity index (χ0v) is 15.9. The van der Waals surface area contributed by atoms with Crippen molar-refractivity contribution in [1.29, 1.82) is 0 Å². The Hall–Kier alpha value is -2.48. The standard InChI is InChI=1S/C18H27N7O/c1-12(10-25-8-5-7-20-25)21-15-6-9-24(11-15)17-13(2)14(3)22-16(23-17)18(26)19-4/h5,7-8,12,15,21H,6,9-11H2,1-4H3,(H,19,26)/t12?,15-/m1/s1. The summed E-state index contributed by atoms with van der Waals surface area (Å²) in [5.74, 6) is 0.838. The van der Waals surface area contributed by atoms with Crippen LogP contribution in [-0.4, -0.2) is 57.9 Å². The number of rotatable bonds is 6. The fraction of sp³-hybridized carbons (Fsp3) is 0.556. The fourth-order valence-corrected chi connectivity index (χ4v) is 3.37. The number of nitrogens with zero attached hydrogens (tertiary/aromatic N) is 5. The second-order valence-electron chi connectivity index (χ2n) is 6.89. The van der Waals surface area contributed by atoms with Gasteiger partial charge in [0.2, 0.25) is 5.82 Å². The second kappa shape index (κ2) is 7.82. The van der Waals surface area contributed by atoms with E-state index in [0.29, 0.717) is 12.1 Å². The third-order valence-electron chi connectivity index (χ3n) is 4.82. The predicted octanol–water partition coefficient (Wildman–Crippen LogP) is 0.907. The summed E-state index contributed by atoms with van der Waals surface area (Å²) in [7, 11) is 1.59. The van der Waals surface area contributed by atoms with Gasteiger partial charge in [0, 0.05) is 55.9 Å². The lowest BCUT2D eigenvalue weighted by Crippen LogP contribution is -2.41. The fourth-order valence-electron chi connectivity index (χ4n) is 3.37. The lowest BCUT2D eigenvalue weighted by molar-refractivity contribution is 0.0952. The summed E-state index contributed by atoms with van der Waals surface area (Å²) >= 11 is 0. The molecule has 8 nitrogen and oxygen atoms in total. The van der Waals surface area contributed by atoms with Gasteiger partial charge in [0.25, 0.3) is 5.91 Å². The van der Waals surface area contributed by atoms with Gasteiger partial charge in [0.15, 0.2) is 0 Å². The van der Waals surface area contributed by atoms with Crippen LogP contribution in [0.25, 0.3) is 0 Å². The Morgan fingerprint density at radius 3 is 2.88 bits per heavy atom. The molecule has 0 bridgehead atoms. The Bertz CT molecular complexity index is 759. The van der Waals surface area contributed by atoms with Crippen molar-refractivity contribution in [2.45, 2.75) is 45.8 Å². The summed E-state index contributed by atoms with van der Waals surface area (Å²) in [6, 6.07) is 2.65. The molecular formula is C18H27N7O. The minimum absolute atomic E-state index is 0.231. The summed E-state index contributed by atoms with van der Waals surface area (Å²) in [5, 5.41) is 10.5. The maximum Gasteiger partial charge on any atom is 0.288 e. The van der Waals surface area contributed by atoms with Crippen LogP contribution in [0.5, 0.6) is 0 Å². The lowest BCUT2D eigenvalue weighted by Gasteiger charge is -2.23. The highest BCUT2D eigenvalue weighted by Crippen LogP contribution is 2.24. The minimum atomic E-state index is -0.254. The molecule has 26 heavy (non-hydrogen) atoms. The number of carbonyl (C=O) groups excluding carboxylic acids is 1.